The molecule has 0 unspecified atom stereocenters. The van der Waals surface area contributed by atoms with Crippen molar-refractivity contribution in [3.8, 4) is 0 Å². The van der Waals surface area contributed by atoms with Crippen LogP contribution in [0.3, 0.4) is 0 Å². The van der Waals surface area contributed by atoms with Gasteiger partial charge in [0.05, 0.1) is 5.56 Å². The molecule has 1 saturated carbocycles. The summed E-state index contributed by atoms with van der Waals surface area (Å²) in [5.41, 5.74) is 6.71. The number of nitrogen functional groups attached to an aromatic ring is 1. The average molecular weight is 247 g/mol. The maximum absolute atomic E-state index is 11.9. The molecule has 18 heavy (non-hydrogen) atoms. The normalized spacial score (nSPS) is 23.6. The van der Waals surface area contributed by atoms with Crippen LogP contribution in [-0.4, -0.2) is 17.4 Å². The molecule has 0 aromatic carbocycles. The summed E-state index contributed by atoms with van der Waals surface area (Å²) in [6.07, 6.45) is 8.08. The summed E-state index contributed by atoms with van der Waals surface area (Å²) in [6, 6.07) is 1.65. The van der Waals surface area contributed by atoms with E-state index in [9.17, 15) is 4.79 Å². The highest BCUT2D eigenvalue weighted by Gasteiger charge is 2.19. The molecule has 1 aliphatic carbocycles. The van der Waals surface area contributed by atoms with E-state index in [4.69, 9.17) is 5.73 Å². The van der Waals surface area contributed by atoms with Crippen LogP contribution in [0.1, 0.15) is 43.0 Å². The van der Waals surface area contributed by atoms with Gasteiger partial charge < -0.3 is 11.1 Å². The summed E-state index contributed by atoms with van der Waals surface area (Å²) in [5.74, 6) is 1.34. The SMILES string of the molecule is CC1CCC(CNC(=O)c2cnccc2N)CC1. The number of rotatable bonds is 3. The number of nitrogens with one attached hydrogen (secondary N) is 1. The number of hydrogen-bond acceptors (Lipinski definition) is 3. The van der Waals surface area contributed by atoms with E-state index >= 15 is 0 Å². The van der Waals surface area contributed by atoms with Crippen LogP contribution >= 0.6 is 0 Å². The lowest BCUT2D eigenvalue weighted by Gasteiger charge is -2.26. The first kappa shape index (κ1) is 12.9. The highest BCUT2D eigenvalue weighted by atomic mass is 16.1. The molecule has 1 aliphatic rings. The summed E-state index contributed by atoms with van der Waals surface area (Å²) in [5, 5.41) is 2.97. The Bertz CT molecular complexity index is 411. The van der Waals surface area contributed by atoms with Crippen LogP contribution < -0.4 is 11.1 Å². The third-order valence-corrected chi connectivity index (χ3v) is 3.79. The van der Waals surface area contributed by atoms with Gasteiger partial charge in [0.2, 0.25) is 0 Å². The molecule has 3 N–H and O–H groups in total. The van der Waals surface area contributed by atoms with Crippen LogP contribution in [0, 0.1) is 11.8 Å². The van der Waals surface area contributed by atoms with E-state index in [0.29, 0.717) is 17.2 Å². The molecule has 0 spiro atoms. The second-order valence-electron chi connectivity index (χ2n) is 5.30. The predicted molar refractivity (Wildman–Crippen MR) is 72.1 cm³/mol. The standard InChI is InChI=1S/C14H21N3O/c1-10-2-4-11(5-3-10)8-17-14(18)12-9-16-7-6-13(12)15/h6-7,9-11H,2-5,8H2,1H3,(H2,15,16)(H,17,18). The fourth-order valence-corrected chi connectivity index (χ4v) is 2.46. The topological polar surface area (TPSA) is 68.0 Å². The molecular weight excluding hydrogens is 226 g/mol. The van der Waals surface area contributed by atoms with Gasteiger partial charge >= 0.3 is 0 Å². The number of nitrogens with zero attached hydrogens (tertiary/aromatic N) is 1. The molecule has 98 valence electrons. The van der Waals surface area contributed by atoms with Crippen molar-refractivity contribution in [2.24, 2.45) is 11.8 Å². The third kappa shape index (κ3) is 3.22. The molecule has 0 radical (unpaired) electrons. The Morgan fingerprint density at radius 1 is 1.44 bits per heavy atom. The fourth-order valence-electron chi connectivity index (χ4n) is 2.46. The minimum absolute atomic E-state index is 0.112. The van der Waals surface area contributed by atoms with Gasteiger partial charge in [-0.25, -0.2) is 0 Å². The van der Waals surface area contributed by atoms with Crippen molar-refractivity contribution in [2.75, 3.05) is 12.3 Å². The largest absolute Gasteiger partial charge is 0.398 e. The van der Waals surface area contributed by atoms with Gasteiger partial charge in [-0.05, 0) is 30.7 Å². The minimum atomic E-state index is -0.112. The van der Waals surface area contributed by atoms with Gasteiger partial charge in [0, 0.05) is 24.6 Å². The van der Waals surface area contributed by atoms with Crippen LogP contribution in [-0.2, 0) is 0 Å². The van der Waals surface area contributed by atoms with Gasteiger partial charge in [-0.3, -0.25) is 9.78 Å². The fraction of sp³-hybridized carbons (Fsp3) is 0.571. The zero-order valence-electron chi connectivity index (χ0n) is 10.9. The molecule has 1 aromatic heterocycles. The van der Waals surface area contributed by atoms with Crippen molar-refractivity contribution in [1.82, 2.24) is 10.3 Å². The lowest BCUT2D eigenvalue weighted by Crippen LogP contribution is -2.31. The van der Waals surface area contributed by atoms with Crippen LogP contribution in [0.2, 0.25) is 0 Å². The molecule has 1 aromatic rings. The summed E-state index contributed by atoms with van der Waals surface area (Å²) in [4.78, 5) is 15.9. The van der Waals surface area contributed by atoms with Gasteiger partial charge in [-0.1, -0.05) is 19.8 Å². The molecule has 0 aliphatic heterocycles. The Labute approximate surface area is 108 Å². The van der Waals surface area contributed by atoms with Crippen molar-refractivity contribution in [2.45, 2.75) is 32.6 Å². The van der Waals surface area contributed by atoms with E-state index in [-0.39, 0.29) is 5.91 Å². The summed E-state index contributed by atoms with van der Waals surface area (Å²) in [6.45, 7) is 3.05. The van der Waals surface area contributed by atoms with Gasteiger partial charge in [-0.2, -0.15) is 0 Å². The number of carbonyl (C=O) groups excluding carboxylic acids is 1. The molecule has 1 amide bonds. The van der Waals surface area contributed by atoms with Crippen LogP contribution in [0.25, 0.3) is 0 Å². The van der Waals surface area contributed by atoms with Crippen molar-refractivity contribution >= 4 is 11.6 Å². The molecular formula is C14H21N3O. The number of nitrogens with two attached hydrogens (primary N) is 1. The molecule has 2 rings (SSSR count). The number of carbonyl (C=O) groups is 1. The number of amides is 1. The Balaban J connectivity index is 1.84. The predicted octanol–water partition coefficient (Wildman–Crippen LogP) is 2.22. The Kier molecular flexibility index (Phi) is 4.18. The van der Waals surface area contributed by atoms with Gasteiger partial charge in [0.15, 0.2) is 0 Å². The van der Waals surface area contributed by atoms with E-state index in [1.807, 2.05) is 0 Å². The summed E-state index contributed by atoms with van der Waals surface area (Å²) in [7, 11) is 0. The average Bonchev–Trinajstić information content (AvgIpc) is 2.38. The van der Waals surface area contributed by atoms with E-state index in [1.165, 1.54) is 31.9 Å². The van der Waals surface area contributed by atoms with Gasteiger partial charge in [0.25, 0.3) is 5.91 Å². The van der Waals surface area contributed by atoms with Crippen LogP contribution in [0.5, 0.6) is 0 Å². The van der Waals surface area contributed by atoms with Gasteiger partial charge in [-0.15, -0.1) is 0 Å². The monoisotopic (exact) mass is 247 g/mol. The lowest BCUT2D eigenvalue weighted by atomic mass is 9.83. The number of pyridine rings is 1. The third-order valence-electron chi connectivity index (χ3n) is 3.79. The second-order valence-corrected chi connectivity index (χ2v) is 5.30. The zero-order chi connectivity index (χ0) is 13.0. The Morgan fingerprint density at radius 2 is 2.17 bits per heavy atom. The molecule has 4 nitrogen and oxygen atoms in total. The first-order chi connectivity index (χ1) is 8.66. The smallest absolute Gasteiger partial charge is 0.254 e. The van der Waals surface area contributed by atoms with Crippen LogP contribution in [0.4, 0.5) is 5.69 Å². The van der Waals surface area contributed by atoms with E-state index in [0.717, 1.165) is 12.5 Å². The highest BCUT2D eigenvalue weighted by molar-refractivity contribution is 5.98. The van der Waals surface area contributed by atoms with Crippen molar-refractivity contribution in [3.05, 3.63) is 24.0 Å². The number of anilines is 1. The number of hydrogen-bond donors (Lipinski definition) is 2. The number of aromatic nitrogens is 1. The van der Waals surface area contributed by atoms with Gasteiger partial charge in [0.1, 0.15) is 0 Å². The quantitative estimate of drug-likeness (QED) is 0.860. The summed E-state index contributed by atoms with van der Waals surface area (Å²) < 4.78 is 0. The lowest BCUT2D eigenvalue weighted by molar-refractivity contribution is 0.0942. The Morgan fingerprint density at radius 3 is 2.83 bits per heavy atom. The Hall–Kier alpha value is -1.58. The maximum atomic E-state index is 11.9. The molecule has 1 heterocycles. The molecule has 0 bridgehead atoms. The van der Waals surface area contributed by atoms with Crippen molar-refractivity contribution in [1.29, 1.82) is 0 Å². The van der Waals surface area contributed by atoms with Crippen LogP contribution in [0.15, 0.2) is 18.5 Å². The zero-order valence-corrected chi connectivity index (χ0v) is 10.9. The first-order valence-electron chi connectivity index (χ1n) is 6.64. The molecule has 0 atom stereocenters. The van der Waals surface area contributed by atoms with Crippen molar-refractivity contribution in [3.63, 3.8) is 0 Å². The summed E-state index contributed by atoms with van der Waals surface area (Å²) >= 11 is 0. The molecule has 4 heteroatoms. The molecule has 0 saturated heterocycles. The minimum Gasteiger partial charge on any atom is -0.398 e. The van der Waals surface area contributed by atoms with E-state index in [1.54, 1.807) is 12.3 Å². The van der Waals surface area contributed by atoms with E-state index in [2.05, 4.69) is 17.2 Å². The molecule has 1 fully saturated rings. The highest BCUT2D eigenvalue weighted by Crippen LogP contribution is 2.27. The van der Waals surface area contributed by atoms with E-state index < -0.39 is 0 Å². The second kappa shape index (κ2) is 5.85. The van der Waals surface area contributed by atoms with Crippen molar-refractivity contribution < 1.29 is 4.79 Å². The first-order valence-corrected chi connectivity index (χ1v) is 6.64. The maximum Gasteiger partial charge on any atom is 0.254 e.